The highest BCUT2D eigenvalue weighted by Gasteiger charge is 2.14. The molecule has 1 N–H and O–H groups in total. The number of hydrogen-bond acceptors (Lipinski definition) is 5. The quantitative estimate of drug-likeness (QED) is 0.742. The molecule has 6 nitrogen and oxygen atoms in total. The van der Waals surface area contributed by atoms with Crippen molar-refractivity contribution in [3.63, 3.8) is 0 Å². The predicted molar refractivity (Wildman–Crippen MR) is 96.5 cm³/mol. The molecule has 25 heavy (non-hydrogen) atoms. The van der Waals surface area contributed by atoms with E-state index in [1.807, 2.05) is 24.3 Å². The summed E-state index contributed by atoms with van der Waals surface area (Å²) in [5.74, 6) is 1.03. The second-order valence-electron chi connectivity index (χ2n) is 5.92. The molecule has 1 aromatic carbocycles. The van der Waals surface area contributed by atoms with E-state index in [2.05, 4.69) is 46.4 Å². The Morgan fingerprint density at radius 3 is 2.48 bits per heavy atom. The molecule has 3 aromatic rings. The van der Waals surface area contributed by atoms with Crippen molar-refractivity contribution in [1.29, 1.82) is 0 Å². The van der Waals surface area contributed by atoms with E-state index in [9.17, 15) is 4.79 Å². The Bertz CT molecular complexity index is 799. The van der Waals surface area contributed by atoms with Gasteiger partial charge in [0.15, 0.2) is 17.4 Å². The van der Waals surface area contributed by atoms with Crippen molar-refractivity contribution in [3.05, 3.63) is 72.2 Å². The van der Waals surface area contributed by atoms with Crippen LogP contribution in [0.2, 0.25) is 0 Å². The molecule has 0 fully saturated rings. The van der Waals surface area contributed by atoms with Gasteiger partial charge in [-0.15, -0.1) is 10.2 Å². The Balaban J connectivity index is 1.72. The van der Waals surface area contributed by atoms with Gasteiger partial charge in [0, 0.05) is 12.6 Å². The van der Waals surface area contributed by atoms with Crippen LogP contribution < -0.4 is 10.2 Å². The average molecular weight is 336 g/mol. The Morgan fingerprint density at radius 2 is 1.88 bits per heavy atom. The van der Waals surface area contributed by atoms with Crippen LogP contribution in [-0.2, 0) is 6.54 Å². The van der Waals surface area contributed by atoms with Crippen LogP contribution in [0, 0.1) is 0 Å². The van der Waals surface area contributed by atoms with Crippen LogP contribution in [0.3, 0.4) is 0 Å². The number of anilines is 2. The fourth-order valence-electron chi connectivity index (χ4n) is 2.44. The Labute approximate surface area is 146 Å². The third kappa shape index (κ3) is 4.23. The SMILES string of the molecule is CC(C)N(Cc1ccccc1)c1ccc(NC(=O)c2ccco2)nn1. The zero-order valence-electron chi connectivity index (χ0n) is 14.2. The maximum Gasteiger partial charge on any atom is 0.292 e. The van der Waals surface area contributed by atoms with Gasteiger partial charge in [-0.2, -0.15) is 0 Å². The van der Waals surface area contributed by atoms with Gasteiger partial charge in [0.25, 0.3) is 5.91 Å². The summed E-state index contributed by atoms with van der Waals surface area (Å²) in [6.07, 6.45) is 1.45. The molecule has 0 bridgehead atoms. The Kier molecular flexibility index (Phi) is 5.09. The lowest BCUT2D eigenvalue weighted by Gasteiger charge is -2.27. The number of furan rings is 1. The van der Waals surface area contributed by atoms with Gasteiger partial charge in [-0.05, 0) is 43.7 Å². The summed E-state index contributed by atoms with van der Waals surface area (Å²) in [6.45, 7) is 4.96. The summed E-state index contributed by atoms with van der Waals surface area (Å²) in [5.41, 5.74) is 1.20. The van der Waals surface area contributed by atoms with Gasteiger partial charge >= 0.3 is 0 Å². The molecule has 0 aliphatic carbocycles. The molecule has 0 spiro atoms. The molecular weight excluding hydrogens is 316 g/mol. The summed E-state index contributed by atoms with van der Waals surface area (Å²) in [4.78, 5) is 14.1. The van der Waals surface area contributed by atoms with Crippen LogP contribution in [0.15, 0.2) is 65.3 Å². The van der Waals surface area contributed by atoms with E-state index in [4.69, 9.17) is 4.42 Å². The predicted octanol–water partition coefficient (Wildman–Crippen LogP) is 3.74. The molecule has 2 aromatic heterocycles. The van der Waals surface area contributed by atoms with Crippen LogP contribution in [0.5, 0.6) is 0 Å². The molecule has 6 heteroatoms. The molecule has 1 amide bonds. The third-order valence-electron chi connectivity index (χ3n) is 3.75. The standard InChI is InChI=1S/C19H20N4O2/c1-14(2)23(13-15-7-4-3-5-8-15)18-11-10-17(21-22-18)20-19(24)16-9-6-12-25-16/h3-12,14H,13H2,1-2H3,(H,20,21,24). The van der Waals surface area contributed by atoms with E-state index >= 15 is 0 Å². The van der Waals surface area contributed by atoms with Gasteiger partial charge in [-0.25, -0.2) is 0 Å². The zero-order valence-corrected chi connectivity index (χ0v) is 14.2. The molecule has 0 saturated heterocycles. The monoisotopic (exact) mass is 336 g/mol. The highest BCUT2D eigenvalue weighted by molar-refractivity contribution is 6.01. The molecule has 0 radical (unpaired) electrons. The fourth-order valence-corrected chi connectivity index (χ4v) is 2.44. The Hall–Kier alpha value is -3.15. The molecule has 0 saturated carbocycles. The van der Waals surface area contributed by atoms with Crippen molar-refractivity contribution < 1.29 is 9.21 Å². The van der Waals surface area contributed by atoms with E-state index in [0.29, 0.717) is 5.82 Å². The number of rotatable bonds is 6. The van der Waals surface area contributed by atoms with Gasteiger partial charge in [0.2, 0.25) is 0 Å². The maximum absolute atomic E-state index is 12.0. The van der Waals surface area contributed by atoms with Crippen LogP contribution in [0.4, 0.5) is 11.6 Å². The van der Waals surface area contributed by atoms with Gasteiger partial charge < -0.3 is 14.6 Å². The number of carbonyl (C=O) groups excluding carboxylic acids is 1. The number of nitrogens with one attached hydrogen (secondary N) is 1. The highest BCUT2D eigenvalue weighted by Crippen LogP contribution is 2.18. The van der Waals surface area contributed by atoms with Crippen LogP contribution in [0.1, 0.15) is 30.0 Å². The van der Waals surface area contributed by atoms with Gasteiger partial charge in [0.1, 0.15) is 0 Å². The van der Waals surface area contributed by atoms with E-state index in [1.165, 1.54) is 11.8 Å². The van der Waals surface area contributed by atoms with Crippen molar-refractivity contribution in [2.45, 2.75) is 26.4 Å². The molecule has 0 aliphatic rings. The largest absolute Gasteiger partial charge is 0.459 e. The molecule has 0 aliphatic heterocycles. The molecular formula is C19H20N4O2. The van der Waals surface area contributed by atoms with Gasteiger partial charge in [0.05, 0.1) is 6.26 Å². The number of hydrogen-bond donors (Lipinski definition) is 1. The van der Waals surface area contributed by atoms with Gasteiger partial charge in [-0.1, -0.05) is 30.3 Å². The van der Waals surface area contributed by atoms with E-state index < -0.39 is 0 Å². The molecule has 2 heterocycles. The van der Waals surface area contributed by atoms with E-state index in [-0.39, 0.29) is 17.7 Å². The third-order valence-corrected chi connectivity index (χ3v) is 3.75. The molecule has 0 atom stereocenters. The fraction of sp³-hybridized carbons (Fsp3) is 0.211. The highest BCUT2D eigenvalue weighted by atomic mass is 16.3. The maximum atomic E-state index is 12.0. The minimum Gasteiger partial charge on any atom is -0.459 e. The van der Waals surface area contributed by atoms with E-state index in [1.54, 1.807) is 18.2 Å². The summed E-state index contributed by atoms with van der Waals surface area (Å²) in [7, 11) is 0. The van der Waals surface area contributed by atoms with Crippen LogP contribution >= 0.6 is 0 Å². The molecule has 128 valence electrons. The van der Waals surface area contributed by atoms with Crippen molar-refractivity contribution in [3.8, 4) is 0 Å². The second-order valence-corrected chi connectivity index (χ2v) is 5.92. The number of amides is 1. The summed E-state index contributed by atoms with van der Waals surface area (Å²) in [6, 6.07) is 17.3. The molecule has 3 rings (SSSR count). The normalized spacial score (nSPS) is 10.7. The first-order valence-corrected chi connectivity index (χ1v) is 8.12. The summed E-state index contributed by atoms with van der Waals surface area (Å²) < 4.78 is 5.06. The summed E-state index contributed by atoms with van der Waals surface area (Å²) >= 11 is 0. The number of nitrogens with zero attached hydrogens (tertiary/aromatic N) is 3. The number of benzene rings is 1. The topological polar surface area (TPSA) is 71.3 Å². The van der Waals surface area contributed by atoms with E-state index in [0.717, 1.165) is 12.4 Å². The Morgan fingerprint density at radius 1 is 1.08 bits per heavy atom. The molecule has 0 unspecified atom stereocenters. The lowest BCUT2D eigenvalue weighted by molar-refractivity contribution is 0.0996. The number of carbonyl (C=O) groups is 1. The van der Waals surface area contributed by atoms with Crippen LogP contribution in [-0.4, -0.2) is 22.1 Å². The van der Waals surface area contributed by atoms with Crippen LogP contribution in [0.25, 0.3) is 0 Å². The minimum absolute atomic E-state index is 0.235. The first-order valence-electron chi connectivity index (χ1n) is 8.12. The summed E-state index contributed by atoms with van der Waals surface area (Å²) in [5, 5.41) is 11.0. The minimum atomic E-state index is -0.350. The first kappa shape index (κ1) is 16.7. The number of aromatic nitrogens is 2. The second kappa shape index (κ2) is 7.61. The van der Waals surface area contributed by atoms with Crippen molar-refractivity contribution in [1.82, 2.24) is 10.2 Å². The average Bonchev–Trinajstić information content (AvgIpc) is 3.16. The first-order chi connectivity index (χ1) is 12.1. The van der Waals surface area contributed by atoms with Crippen molar-refractivity contribution >= 4 is 17.5 Å². The van der Waals surface area contributed by atoms with Crippen molar-refractivity contribution in [2.24, 2.45) is 0 Å². The lowest BCUT2D eigenvalue weighted by Crippen LogP contribution is -2.31. The zero-order chi connectivity index (χ0) is 17.6. The smallest absolute Gasteiger partial charge is 0.292 e. The van der Waals surface area contributed by atoms with Crippen molar-refractivity contribution in [2.75, 3.05) is 10.2 Å². The lowest BCUT2D eigenvalue weighted by atomic mass is 10.2. The van der Waals surface area contributed by atoms with Gasteiger partial charge in [-0.3, -0.25) is 4.79 Å².